The van der Waals surface area contributed by atoms with Gasteiger partial charge >= 0.3 is 12.0 Å². The average Bonchev–Trinajstić information content (AvgIpc) is 2.41. The van der Waals surface area contributed by atoms with Crippen LogP contribution in [0.1, 0.15) is 10.4 Å². The van der Waals surface area contributed by atoms with E-state index >= 15 is 0 Å². The van der Waals surface area contributed by atoms with Crippen LogP contribution < -0.4 is 10.6 Å². The predicted molar refractivity (Wildman–Crippen MR) is 70.2 cm³/mol. The van der Waals surface area contributed by atoms with Gasteiger partial charge in [-0.2, -0.15) is 0 Å². The van der Waals surface area contributed by atoms with Crippen molar-refractivity contribution in [1.29, 1.82) is 0 Å². The number of hydrogen-bond acceptors (Lipinski definition) is 3. The molecule has 3 N–H and O–H groups in total. The van der Waals surface area contributed by atoms with Gasteiger partial charge in [0.25, 0.3) is 0 Å². The molecule has 20 heavy (non-hydrogen) atoms. The summed E-state index contributed by atoms with van der Waals surface area (Å²) in [5.41, 5.74) is -0.172. The highest BCUT2D eigenvalue weighted by molar-refractivity contribution is 6.03. The van der Waals surface area contributed by atoms with Crippen LogP contribution in [-0.4, -0.2) is 22.1 Å². The number of hydrogen-bond donors (Lipinski definition) is 3. The molecule has 1 aromatic carbocycles. The van der Waals surface area contributed by atoms with Gasteiger partial charge in [-0.1, -0.05) is 12.1 Å². The number of aromatic nitrogens is 1. The molecule has 0 saturated heterocycles. The second-order valence-electron chi connectivity index (χ2n) is 3.76. The van der Waals surface area contributed by atoms with Crippen molar-refractivity contribution in [3.8, 4) is 0 Å². The molecular weight excluding hydrogens is 265 g/mol. The number of carboxylic acids is 1. The van der Waals surface area contributed by atoms with Gasteiger partial charge in [-0.15, -0.1) is 0 Å². The Labute approximate surface area is 113 Å². The van der Waals surface area contributed by atoms with E-state index in [4.69, 9.17) is 5.11 Å². The zero-order chi connectivity index (χ0) is 14.5. The fourth-order valence-electron chi connectivity index (χ4n) is 1.50. The molecule has 0 unspecified atom stereocenters. The highest BCUT2D eigenvalue weighted by Crippen LogP contribution is 2.14. The number of benzene rings is 1. The summed E-state index contributed by atoms with van der Waals surface area (Å²) >= 11 is 0. The molecule has 0 radical (unpaired) electrons. The average molecular weight is 275 g/mol. The monoisotopic (exact) mass is 275 g/mol. The first-order chi connectivity index (χ1) is 9.58. The summed E-state index contributed by atoms with van der Waals surface area (Å²) in [5, 5.41) is 13.5. The number of halogens is 1. The second-order valence-corrected chi connectivity index (χ2v) is 3.76. The minimum Gasteiger partial charge on any atom is -0.478 e. The minimum atomic E-state index is -1.22. The number of urea groups is 1. The Kier molecular flexibility index (Phi) is 3.90. The van der Waals surface area contributed by atoms with Crippen molar-refractivity contribution in [3.63, 3.8) is 0 Å². The molecule has 2 aromatic rings. The van der Waals surface area contributed by atoms with Crippen molar-refractivity contribution < 1.29 is 19.1 Å². The lowest BCUT2D eigenvalue weighted by Crippen LogP contribution is -2.22. The van der Waals surface area contributed by atoms with E-state index < -0.39 is 17.8 Å². The zero-order valence-corrected chi connectivity index (χ0v) is 10.1. The molecule has 0 aliphatic rings. The number of nitrogens with zero attached hydrogens (tertiary/aromatic N) is 1. The molecule has 0 aliphatic heterocycles. The first-order valence-corrected chi connectivity index (χ1v) is 5.59. The van der Waals surface area contributed by atoms with E-state index in [1.165, 1.54) is 36.5 Å². The molecule has 0 aliphatic carbocycles. The van der Waals surface area contributed by atoms with Crippen molar-refractivity contribution >= 4 is 23.5 Å². The molecule has 0 atom stereocenters. The molecule has 2 amide bonds. The number of rotatable bonds is 3. The molecule has 7 heteroatoms. The highest BCUT2D eigenvalue weighted by Gasteiger charge is 2.13. The number of carboxylic acid groups (broad SMARTS) is 1. The lowest BCUT2D eigenvalue weighted by atomic mass is 10.2. The number of para-hydroxylation sites is 1. The van der Waals surface area contributed by atoms with Gasteiger partial charge in [-0.3, -0.25) is 5.32 Å². The molecule has 1 aromatic heterocycles. The van der Waals surface area contributed by atoms with Crippen LogP contribution in [0.2, 0.25) is 0 Å². The Bertz CT molecular complexity index is 661. The maximum atomic E-state index is 13.3. The molecular formula is C13H10FN3O3. The van der Waals surface area contributed by atoms with Gasteiger partial charge in [0.05, 0.1) is 5.69 Å². The quantitative estimate of drug-likeness (QED) is 0.802. The Morgan fingerprint density at radius 3 is 2.55 bits per heavy atom. The summed E-state index contributed by atoms with van der Waals surface area (Å²) in [6, 6.07) is 7.57. The van der Waals surface area contributed by atoms with Gasteiger partial charge in [-0.25, -0.2) is 19.0 Å². The molecule has 2 rings (SSSR count). The zero-order valence-electron chi connectivity index (χ0n) is 10.1. The summed E-state index contributed by atoms with van der Waals surface area (Å²) in [6.45, 7) is 0. The second kappa shape index (κ2) is 5.79. The maximum Gasteiger partial charge on any atom is 0.339 e. The number of anilines is 2. The standard InChI is InChI=1S/C13H10FN3O3/c14-9-5-1-2-6-10(9)16-13(20)17-11-8(12(18)19)4-3-7-15-11/h1-7H,(H,18,19)(H2,15,16,17,20). The summed E-state index contributed by atoms with van der Waals surface area (Å²) in [5.74, 6) is -1.93. The van der Waals surface area contributed by atoms with Crippen LogP contribution >= 0.6 is 0 Å². The van der Waals surface area contributed by atoms with E-state index in [-0.39, 0.29) is 17.1 Å². The van der Waals surface area contributed by atoms with Crippen LogP contribution in [-0.2, 0) is 0 Å². The SMILES string of the molecule is O=C(Nc1ccccc1F)Nc1ncccc1C(=O)O. The first kappa shape index (κ1) is 13.5. The number of pyridine rings is 1. The summed E-state index contributed by atoms with van der Waals surface area (Å²) < 4.78 is 13.3. The Balaban J connectivity index is 2.13. The Morgan fingerprint density at radius 1 is 1.10 bits per heavy atom. The lowest BCUT2D eigenvalue weighted by Gasteiger charge is -2.09. The first-order valence-electron chi connectivity index (χ1n) is 5.59. The van der Waals surface area contributed by atoms with Crippen LogP contribution in [0.4, 0.5) is 20.7 Å². The largest absolute Gasteiger partial charge is 0.478 e. The predicted octanol–water partition coefficient (Wildman–Crippen LogP) is 2.56. The third-order valence-corrected chi connectivity index (χ3v) is 2.39. The summed E-state index contributed by atoms with van der Waals surface area (Å²) in [4.78, 5) is 26.4. The van der Waals surface area contributed by atoms with Crippen LogP contribution in [0, 0.1) is 5.82 Å². The molecule has 102 valence electrons. The number of carbonyl (C=O) groups is 2. The maximum absolute atomic E-state index is 13.3. The van der Waals surface area contributed by atoms with Crippen molar-refractivity contribution in [1.82, 2.24) is 4.98 Å². The summed E-state index contributed by atoms with van der Waals surface area (Å²) in [7, 11) is 0. The lowest BCUT2D eigenvalue weighted by molar-refractivity contribution is 0.0697. The number of nitrogens with one attached hydrogen (secondary N) is 2. The van der Waals surface area contributed by atoms with Crippen LogP contribution in [0.3, 0.4) is 0 Å². The van der Waals surface area contributed by atoms with Crippen LogP contribution in [0.5, 0.6) is 0 Å². The molecule has 0 bridgehead atoms. The van der Waals surface area contributed by atoms with Crippen molar-refractivity contribution in [2.75, 3.05) is 10.6 Å². The van der Waals surface area contributed by atoms with E-state index in [9.17, 15) is 14.0 Å². The van der Waals surface area contributed by atoms with E-state index in [1.807, 2.05) is 0 Å². The van der Waals surface area contributed by atoms with E-state index in [2.05, 4.69) is 15.6 Å². The van der Waals surface area contributed by atoms with Crippen molar-refractivity contribution in [2.45, 2.75) is 0 Å². The molecule has 1 heterocycles. The third-order valence-electron chi connectivity index (χ3n) is 2.39. The molecule has 0 fully saturated rings. The highest BCUT2D eigenvalue weighted by atomic mass is 19.1. The van der Waals surface area contributed by atoms with Crippen molar-refractivity contribution in [2.24, 2.45) is 0 Å². The molecule has 0 saturated carbocycles. The van der Waals surface area contributed by atoms with Crippen molar-refractivity contribution in [3.05, 3.63) is 54.0 Å². The normalized spacial score (nSPS) is 9.85. The topological polar surface area (TPSA) is 91.3 Å². The Hall–Kier alpha value is -2.96. The van der Waals surface area contributed by atoms with E-state index in [0.29, 0.717) is 0 Å². The van der Waals surface area contributed by atoms with Crippen LogP contribution in [0.15, 0.2) is 42.6 Å². The van der Waals surface area contributed by atoms with Gasteiger partial charge in [0.2, 0.25) is 0 Å². The smallest absolute Gasteiger partial charge is 0.339 e. The third kappa shape index (κ3) is 3.08. The van der Waals surface area contributed by atoms with Gasteiger partial charge in [0.1, 0.15) is 17.2 Å². The van der Waals surface area contributed by atoms with Gasteiger partial charge in [0.15, 0.2) is 0 Å². The molecule has 6 nitrogen and oxygen atoms in total. The number of aromatic carboxylic acids is 1. The van der Waals surface area contributed by atoms with E-state index in [1.54, 1.807) is 6.07 Å². The Morgan fingerprint density at radius 2 is 1.85 bits per heavy atom. The fraction of sp³-hybridized carbons (Fsp3) is 0. The van der Waals surface area contributed by atoms with E-state index in [0.717, 1.165) is 0 Å². The van der Waals surface area contributed by atoms with Gasteiger partial charge in [0, 0.05) is 6.20 Å². The fourth-order valence-corrected chi connectivity index (χ4v) is 1.50. The summed E-state index contributed by atoms with van der Waals surface area (Å²) in [6.07, 6.45) is 1.34. The van der Waals surface area contributed by atoms with Gasteiger partial charge < -0.3 is 10.4 Å². The number of amides is 2. The van der Waals surface area contributed by atoms with Gasteiger partial charge in [-0.05, 0) is 24.3 Å². The number of carbonyl (C=O) groups excluding carboxylic acids is 1. The van der Waals surface area contributed by atoms with Crippen LogP contribution in [0.25, 0.3) is 0 Å². The minimum absolute atomic E-state index is 0.0159. The molecule has 0 spiro atoms.